The van der Waals surface area contributed by atoms with Gasteiger partial charge >= 0.3 is 12.1 Å². The average molecular weight is 472 g/mol. The van der Waals surface area contributed by atoms with Gasteiger partial charge in [-0.3, -0.25) is 9.52 Å². The predicted molar refractivity (Wildman–Crippen MR) is 102 cm³/mol. The third-order valence-electron chi connectivity index (χ3n) is 3.42. The second-order valence-electron chi connectivity index (χ2n) is 6.04. The van der Waals surface area contributed by atoms with Crippen LogP contribution in [0.1, 0.15) is 16.7 Å². The third kappa shape index (κ3) is 6.98. The molecule has 0 radical (unpaired) electrons. The van der Waals surface area contributed by atoms with E-state index in [1.165, 1.54) is 18.2 Å². The summed E-state index contributed by atoms with van der Waals surface area (Å²) in [4.78, 5) is 10.8. The van der Waals surface area contributed by atoms with Gasteiger partial charge in [0, 0.05) is 5.69 Å². The lowest BCUT2D eigenvalue weighted by atomic mass is 10.1. The van der Waals surface area contributed by atoms with E-state index in [-0.39, 0.29) is 33.5 Å². The fraction of sp³-hybridized carbons (Fsp3) is 0.235. The summed E-state index contributed by atoms with van der Waals surface area (Å²) in [5, 5.41) is 8.77. The Hall–Kier alpha value is -2.17. The van der Waals surface area contributed by atoms with Gasteiger partial charge in [-0.25, -0.2) is 8.42 Å². The van der Waals surface area contributed by atoms with Crippen molar-refractivity contribution in [2.45, 2.75) is 19.2 Å². The standard InChI is InChI=1S/C17H14Cl2F3NO5S/c1-29(26,27)23-12-3-10(2-11(7-12)17(20,21)22)8-28-16-13(18)4-9(5-14(16)19)6-15(24)25/h2-5,7,23H,6,8H2,1H3,(H,24,25). The first kappa shape index (κ1) is 23.1. The number of sulfonamides is 1. The summed E-state index contributed by atoms with van der Waals surface area (Å²) in [7, 11) is -3.80. The molecule has 0 aromatic heterocycles. The van der Waals surface area contributed by atoms with Crippen molar-refractivity contribution in [3.8, 4) is 5.75 Å². The molecule has 2 aromatic carbocycles. The third-order valence-corrected chi connectivity index (χ3v) is 4.59. The average Bonchev–Trinajstić information content (AvgIpc) is 2.50. The zero-order valence-electron chi connectivity index (χ0n) is 14.7. The van der Waals surface area contributed by atoms with E-state index in [4.69, 9.17) is 33.0 Å². The molecular weight excluding hydrogens is 458 g/mol. The van der Waals surface area contributed by atoms with Crippen LogP contribution in [0.3, 0.4) is 0 Å². The molecule has 2 N–H and O–H groups in total. The van der Waals surface area contributed by atoms with Crippen LogP contribution in [0.15, 0.2) is 30.3 Å². The van der Waals surface area contributed by atoms with E-state index < -0.39 is 34.3 Å². The Morgan fingerprint density at radius 3 is 2.17 bits per heavy atom. The Morgan fingerprint density at radius 1 is 1.10 bits per heavy atom. The summed E-state index contributed by atoms with van der Waals surface area (Å²) in [6.07, 6.45) is -4.23. The zero-order valence-corrected chi connectivity index (χ0v) is 17.0. The maximum absolute atomic E-state index is 13.1. The maximum atomic E-state index is 13.1. The van der Waals surface area contributed by atoms with Crippen molar-refractivity contribution >= 4 is 44.9 Å². The molecule has 0 saturated heterocycles. The number of rotatable bonds is 7. The number of halogens is 5. The largest absolute Gasteiger partial charge is 0.486 e. The highest BCUT2D eigenvalue weighted by Gasteiger charge is 2.31. The number of nitrogens with one attached hydrogen (secondary N) is 1. The number of carboxylic acid groups (broad SMARTS) is 1. The number of hydrogen-bond donors (Lipinski definition) is 2. The first-order chi connectivity index (χ1) is 13.2. The van der Waals surface area contributed by atoms with E-state index in [1.54, 1.807) is 0 Å². The summed E-state index contributed by atoms with van der Waals surface area (Å²) < 4.78 is 69.4. The Labute approximate surface area is 174 Å². The van der Waals surface area contributed by atoms with Gasteiger partial charge < -0.3 is 9.84 Å². The molecular formula is C17H14Cl2F3NO5S. The predicted octanol–water partition coefficient (Wildman–Crippen LogP) is 4.59. The van der Waals surface area contributed by atoms with Crippen molar-refractivity contribution in [3.63, 3.8) is 0 Å². The molecule has 0 atom stereocenters. The molecule has 6 nitrogen and oxygen atoms in total. The van der Waals surface area contributed by atoms with Crippen molar-refractivity contribution in [2.24, 2.45) is 0 Å². The molecule has 0 aliphatic carbocycles. The fourth-order valence-electron chi connectivity index (χ4n) is 2.39. The minimum atomic E-state index is -4.71. The Kier molecular flexibility index (Phi) is 6.92. The number of hydrogen-bond acceptors (Lipinski definition) is 4. The summed E-state index contributed by atoms with van der Waals surface area (Å²) in [5.41, 5.74) is -1.03. The lowest BCUT2D eigenvalue weighted by Crippen LogP contribution is -2.13. The van der Waals surface area contributed by atoms with Crippen LogP contribution in [-0.2, 0) is 34.0 Å². The van der Waals surface area contributed by atoms with Gasteiger partial charge in [0.05, 0.1) is 28.3 Å². The molecule has 29 heavy (non-hydrogen) atoms. The first-order valence-electron chi connectivity index (χ1n) is 7.76. The molecule has 0 aliphatic rings. The monoisotopic (exact) mass is 471 g/mol. The second-order valence-corrected chi connectivity index (χ2v) is 8.60. The molecule has 0 unspecified atom stereocenters. The van der Waals surface area contributed by atoms with Crippen LogP contribution in [0.25, 0.3) is 0 Å². The normalized spacial score (nSPS) is 11.9. The van der Waals surface area contributed by atoms with E-state index >= 15 is 0 Å². The number of ether oxygens (including phenoxy) is 1. The van der Waals surface area contributed by atoms with Crippen molar-refractivity contribution < 1.29 is 36.2 Å². The van der Waals surface area contributed by atoms with Crippen LogP contribution in [0.2, 0.25) is 10.0 Å². The number of aliphatic carboxylic acids is 1. The van der Waals surface area contributed by atoms with Gasteiger partial charge in [0.1, 0.15) is 6.61 Å². The van der Waals surface area contributed by atoms with Crippen LogP contribution in [0.4, 0.5) is 18.9 Å². The molecule has 0 fully saturated rings. The molecule has 0 amide bonds. The molecule has 0 bridgehead atoms. The van der Waals surface area contributed by atoms with Gasteiger partial charge in [0.15, 0.2) is 5.75 Å². The van der Waals surface area contributed by atoms with Gasteiger partial charge in [0.2, 0.25) is 10.0 Å². The minimum absolute atomic E-state index is 0.00715. The van der Waals surface area contributed by atoms with Crippen LogP contribution in [0.5, 0.6) is 5.75 Å². The van der Waals surface area contributed by atoms with Crippen molar-refractivity contribution in [3.05, 3.63) is 57.1 Å². The zero-order chi connectivity index (χ0) is 22.0. The lowest BCUT2D eigenvalue weighted by molar-refractivity contribution is -0.138. The second kappa shape index (κ2) is 8.68. The summed E-state index contributed by atoms with van der Waals surface area (Å²) in [6.45, 7) is -0.403. The molecule has 0 spiro atoms. The van der Waals surface area contributed by atoms with Crippen LogP contribution in [-0.4, -0.2) is 25.7 Å². The lowest BCUT2D eigenvalue weighted by Gasteiger charge is -2.15. The van der Waals surface area contributed by atoms with E-state index in [0.717, 1.165) is 12.3 Å². The summed E-state index contributed by atoms with van der Waals surface area (Å²) >= 11 is 12.1. The molecule has 2 aromatic rings. The SMILES string of the molecule is CS(=O)(=O)Nc1cc(COc2c(Cl)cc(CC(=O)O)cc2Cl)cc(C(F)(F)F)c1. The maximum Gasteiger partial charge on any atom is 0.416 e. The van der Waals surface area contributed by atoms with E-state index in [0.29, 0.717) is 11.6 Å². The number of alkyl halides is 3. The van der Waals surface area contributed by atoms with Crippen molar-refractivity contribution in [1.29, 1.82) is 0 Å². The van der Waals surface area contributed by atoms with E-state index in [9.17, 15) is 26.4 Å². The van der Waals surface area contributed by atoms with E-state index in [1.807, 2.05) is 4.72 Å². The fourth-order valence-corrected chi connectivity index (χ4v) is 3.58. The Morgan fingerprint density at radius 2 is 1.69 bits per heavy atom. The number of carboxylic acids is 1. The minimum Gasteiger partial charge on any atom is -0.486 e. The number of anilines is 1. The Bertz CT molecular complexity index is 1020. The van der Waals surface area contributed by atoms with Crippen LogP contribution < -0.4 is 9.46 Å². The number of benzene rings is 2. The quantitative estimate of drug-likeness (QED) is 0.615. The van der Waals surface area contributed by atoms with Gasteiger partial charge in [-0.1, -0.05) is 23.2 Å². The van der Waals surface area contributed by atoms with Crippen LogP contribution in [0, 0.1) is 0 Å². The molecule has 0 aliphatic heterocycles. The Balaban J connectivity index is 2.32. The van der Waals surface area contributed by atoms with Gasteiger partial charge in [-0.15, -0.1) is 0 Å². The summed E-state index contributed by atoms with van der Waals surface area (Å²) in [5.74, 6) is -1.14. The molecule has 0 saturated carbocycles. The van der Waals surface area contributed by atoms with Gasteiger partial charge in [-0.2, -0.15) is 13.2 Å². The number of carbonyl (C=O) groups is 1. The molecule has 12 heteroatoms. The highest BCUT2D eigenvalue weighted by molar-refractivity contribution is 7.92. The molecule has 158 valence electrons. The smallest absolute Gasteiger partial charge is 0.416 e. The van der Waals surface area contributed by atoms with Crippen molar-refractivity contribution in [2.75, 3.05) is 11.0 Å². The summed E-state index contributed by atoms with van der Waals surface area (Å²) in [6, 6.07) is 5.27. The van der Waals surface area contributed by atoms with Gasteiger partial charge in [-0.05, 0) is 41.5 Å². The van der Waals surface area contributed by atoms with E-state index in [2.05, 4.69) is 0 Å². The first-order valence-corrected chi connectivity index (χ1v) is 10.4. The molecule has 0 heterocycles. The van der Waals surface area contributed by atoms with Gasteiger partial charge in [0.25, 0.3) is 0 Å². The van der Waals surface area contributed by atoms with Crippen LogP contribution >= 0.6 is 23.2 Å². The highest BCUT2D eigenvalue weighted by atomic mass is 35.5. The molecule has 2 rings (SSSR count). The highest BCUT2D eigenvalue weighted by Crippen LogP contribution is 2.36. The topological polar surface area (TPSA) is 92.7 Å². The van der Waals surface area contributed by atoms with Crippen molar-refractivity contribution in [1.82, 2.24) is 0 Å².